The molecule has 0 radical (unpaired) electrons. The summed E-state index contributed by atoms with van der Waals surface area (Å²) in [5.74, 6) is 1.00. The lowest BCUT2D eigenvalue weighted by Gasteiger charge is -2.26. The third-order valence-electron chi connectivity index (χ3n) is 4.51. The fourth-order valence-corrected chi connectivity index (χ4v) is 3.49. The standard InChI is InChI=1S/C16H24N2/c1-2-17-10-13-3-5-14(6-4-13)11-18-12-15-7-8-16(18)9-15/h3-6,15-17H,2,7-12H2,1H3. The number of nitrogens with zero attached hydrogens (tertiary/aromatic N) is 1. The average Bonchev–Trinajstić information content (AvgIpc) is 3.00. The van der Waals surface area contributed by atoms with Crippen LogP contribution in [0.2, 0.25) is 0 Å². The maximum absolute atomic E-state index is 3.37. The maximum Gasteiger partial charge on any atom is 0.0236 e. The van der Waals surface area contributed by atoms with Crippen molar-refractivity contribution in [2.45, 2.75) is 45.3 Å². The number of nitrogens with one attached hydrogen (secondary N) is 1. The van der Waals surface area contributed by atoms with Crippen molar-refractivity contribution in [3.8, 4) is 0 Å². The second kappa shape index (κ2) is 5.41. The number of likely N-dealkylation sites (tertiary alicyclic amines) is 1. The minimum absolute atomic E-state index is 0.886. The van der Waals surface area contributed by atoms with Crippen LogP contribution in [0.15, 0.2) is 24.3 Å². The van der Waals surface area contributed by atoms with E-state index in [1.807, 2.05) is 0 Å². The highest BCUT2D eigenvalue weighted by Crippen LogP contribution is 2.37. The van der Waals surface area contributed by atoms with Gasteiger partial charge in [0.2, 0.25) is 0 Å². The fourth-order valence-electron chi connectivity index (χ4n) is 3.49. The van der Waals surface area contributed by atoms with Gasteiger partial charge in [0.05, 0.1) is 0 Å². The molecule has 1 aliphatic carbocycles. The molecule has 1 aromatic rings. The number of hydrogen-bond donors (Lipinski definition) is 1. The van der Waals surface area contributed by atoms with Gasteiger partial charge in [-0.1, -0.05) is 31.2 Å². The van der Waals surface area contributed by atoms with Gasteiger partial charge in [-0.3, -0.25) is 4.90 Å². The van der Waals surface area contributed by atoms with Crippen molar-refractivity contribution < 1.29 is 0 Å². The van der Waals surface area contributed by atoms with Crippen molar-refractivity contribution in [2.24, 2.45) is 5.92 Å². The van der Waals surface area contributed by atoms with E-state index in [1.54, 1.807) is 0 Å². The zero-order chi connectivity index (χ0) is 12.4. The summed E-state index contributed by atoms with van der Waals surface area (Å²) in [6.45, 7) is 6.67. The predicted molar refractivity (Wildman–Crippen MR) is 75.4 cm³/mol. The highest BCUT2D eigenvalue weighted by molar-refractivity contribution is 5.22. The van der Waals surface area contributed by atoms with Crippen LogP contribution in [-0.2, 0) is 13.1 Å². The lowest BCUT2D eigenvalue weighted by Crippen LogP contribution is -2.31. The minimum atomic E-state index is 0.886. The molecular formula is C16H24N2. The Morgan fingerprint density at radius 2 is 1.94 bits per heavy atom. The smallest absolute Gasteiger partial charge is 0.0236 e. The zero-order valence-electron chi connectivity index (χ0n) is 11.4. The highest BCUT2D eigenvalue weighted by atomic mass is 15.2. The third-order valence-corrected chi connectivity index (χ3v) is 4.51. The summed E-state index contributed by atoms with van der Waals surface area (Å²) in [4.78, 5) is 2.69. The first-order chi connectivity index (χ1) is 8.85. The second-order valence-electron chi connectivity index (χ2n) is 5.86. The first-order valence-corrected chi connectivity index (χ1v) is 7.37. The van der Waals surface area contributed by atoms with Gasteiger partial charge in [0.15, 0.2) is 0 Å². The third kappa shape index (κ3) is 2.60. The van der Waals surface area contributed by atoms with Crippen LogP contribution in [0.5, 0.6) is 0 Å². The topological polar surface area (TPSA) is 15.3 Å². The largest absolute Gasteiger partial charge is 0.313 e. The molecule has 1 saturated carbocycles. The van der Waals surface area contributed by atoms with Gasteiger partial charge >= 0.3 is 0 Å². The molecule has 1 heterocycles. The van der Waals surface area contributed by atoms with E-state index in [1.165, 1.54) is 36.9 Å². The van der Waals surface area contributed by atoms with E-state index in [2.05, 4.69) is 41.4 Å². The van der Waals surface area contributed by atoms with Gasteiger partial charge in [-0.25, -0.2) is 0 Å². The van der Waals surface area contributed by atoms with E-state index in [0.717, 1.165) is 31.6 Å². The molecule has 0 aromatic heterocycles. The number of benzene rings is 1. The quantitative estimate of drug-likeness (QED) is 0.857. The van der Waals surface area contributed by atoms with Crippen LogP contribution < -0.4 is 5.32 Å². The van der Waals surface area contributed by atoms with E-state index in [0.29, 0.717) is 0 Å². The lowest BCUT2D eigenvalue weighted by atomic mass is 10.1. The van der Waals surface area contributed by atoms with E-state index >= 15 is 0 Å². The molecule has 1 aromatic carbocycles. The molecule has 1 saturated heterocycles. The first kappa shape index (κ1) is 12.2. The lowest BCUT2D eigenvalue weighted by molar-refractivity contribution is 0.205. The first-order valence-electron chi connectivity index (χ1n) is 7.37. The molecular weight excluding hydrogens is 220 g/mol. The molecule has 1 aliphatic heterocycles. The summed E-state index contributed by atoms with van der Waals surface area (Å²) in [5, 5.41) is 3.37. The van der Waals surface area contributed by atoms with E-state index in [9.17, 15) is 0 Å². The predicted octanol–water partition coefficient (Wildman–Crippen LogP) is 2.78. The Morgan fingerprint density at radius 1 is 1.17 bits per heavy atom. The zero-order valence-corrected chi connectivity index (χ0v) is 11.4. The van der Waals surface area contributed by atoms with Crippen LogP contribution in [0.1, 0.15) is 37.3 Å². The van der Waals surface area contributed by atoms with Gasteiger partial charge in [0.1, 0.15) is 0 Å². The van der Waals surface area contributed by atoms with Crippen LogP contribution in [0.3, 0.4) is 0 Å². The Morgan fingerprint density at radius 3 is 2.56 bits per heavy atom. The van der Waals surface area contributed by atoms with Gasteiger partial charge in [-0.2, -0.15) is 0 Å². The van der Waals surface area contributed by atoms with Gasteiger partial charge in [-0.05, 0) is 42.9 Å². The Hall–Kier alpha value is -0.860. The minimum Gasteiger partial charge on any atom is -0.313 e. The summed E-state index contributed by atoms with van der Waals surface area (Å²) < 4.78 is 0. The van der Waals surface area contributed by atoms with Gasteiger partial charge in [0.25, 0.3) is 0 Å². The summed E-state index contributed by atoms with van der Waals surface area (Å²) >= 11 is 0. The number of rotatable bonds is 5. The normalized spacial score (nSPS) is 26.9. The van der Waals surface area contributed by atoms with Crippen molar-refractivity contribution in [1.29, 1.82) is 0 Å². The van der Waals surface area contributed by atoms with Crippen LogP contribution >= 0.6 is 0 Å². The number of piperidine rings is 1. The molecule has 2 heteroatoms. The Kier molecular flexibility index (Phi) is 3.67. The fraction of sp³-hybridized carbons (Fsp3) is 0.625. The monoisotopic (exact) mass is 244 g/mol. The van der Waals surface area contributed by atoms with E-state index < -0.39 is 0 Å². The molecule has 0 amide bonds. The second-order valence-corrected chi connectivity index (χ2v) is 5.86. The van der Waals surface area contributed by atoms with Crippen molar-refractivity contribution in [2.75, 3.05) is 13.1 Å². The van der Waals surface area contributed by atoms with Crippen LogP contribution in [-0.4, -0.2) is 24.0 Å². The number of hydrogen-bond acceptors (Lipinski definition) is 2. The van der Waals surface area contributed by atoms with Gasteiger partial charge in [-0.15, -0.1) is 0 Å². The molecule has 2 unspecified atom stereocenters. The molecule has 18 heavy (non-hydrogen) atoms. The van der Waals surface area contributed by atoms with Crippen molar-refractivity contribution in [3.05, 3.63) is 35.4 Å². The molecule has 1 N–H and O–H groups in total. The Labute approximate surface area is 110 Å². The SMILES string of the molecule is CCNCc1ccc(CN2CC3CCC2C3)cc1. The Bertz CT molecular complexity index is 385. The molecule has 3 rings (SSSR count). The van der Waals surface area contributed by atoms with Crippen LogP contribution in [0, 0.1) is 5.92 Å². The van der Waals surface area contributed by atoms with Crippen LogP contribution in [0.4, 0.5) is 0 Å². The van der Waals surface area contributed by atoms with Crippen molar-refractivity contribution >= 4 is 0 Å². The highest BCUT2D eigenvalue weighted by Gasteiger charge is 2.37. The maximum atomic E-state index is 3.37. The molecule has 2 aliphatic rings. The summed E-state index contributed by atoms with van der Waals surface area (Å²) in [5.41, 5.74) is 2.87. The van der Waals surface area contributed by atoms with Crippen LogP contribution in [0.25, 0.3) is 0 Å². The molecule has 2 nitrogen and oxygen atoms in total. The molecule has 0 spiro atoms. The molecule has 2 bridgehead atoms. The molecule has 2 fully saturated rings. The van der Waals surface area contributed by atoms with E-state index in [4.69, 9.17) is 0 Å². The average molecular weight is 244 g/mol. The van der Waals surface area contributed by atoms with E-state index in [-0.39, 0.29) is 0 Å². The number of fused-ring (bicyclic) bond motifs is 2. The van der Waals surface area contributed by atoms with Crippen molar-refractivity contribution in [1.82, 2.24) is 10.2 Å². The van der Waals surface area contributed by atoms with Crippen molar-refractivity contribution in [3.63, 3.8) is 0 Å². The summed E-state index contributed by atoms with van der Waals surface area (Å²) in [7, 11) is 0. The molecule has 2 atom stereocenters. The Balaban J connectivity index is 1.56. The summed E-state index contributed by atoms with van der Waals surface area (Å²) in [6.07, 6.45) is 4.37. The molecule has 98 valence electrons. The van der Waals surface area contributed by atoms with Gasteiger partial charge in [0, 0.05) is 25.7 Å². The summed E-state index contributed by atoms with van der Waals surface area (Å²) in [6, 6.07) is 10.0. The van der Waals surface area contributed by atoms with Gasteiger partial charge < -0.3 is 5.32 Å².